The lowest BCUT2D eigenvalue weighted by atomic mass is 10.1. The summed E-state index contributed by atoms with van der Waals surface area (Å²) >= 11 is 0. The maximum atomic E-state index is 2.40. The zero-order valence-electron chi connectivity index (χ0n) is 9.46. The molecule has 0 N–H and O–H groups in total. The maximum absolute atomic E-state index is 2.40. The smallest absolute Gasteiger partial charge is 0.0480 e. The van der Waals surface area contributed by atoms with Gasteiger partial charge >= 0.3 is 0 Å². The molecule has 0 radical (unpaired) electrons. The fourth-order valence-corrected chi connectivity index (χ4v) is 2.14. The van der Waals surface area contributed by atoms with Crippen LogP contribution in [0.5, 0.6) is 0 Å². The molecule has 0 amide bonds. The van der Waals surface area contributed by atoms with Crippen molar-refractivity contribution < 1.29 is 0 Å². The molecule has 0 aromatic heterocycles. The van der Waals surface area contributed by atoms with E-state index in [1.165, 1.54) is 11.6 Å². The molecule has 0 bridgehead atoms. The minimum atomic E-state index is -0.882. The van der Waals surface area contributed by atoms with Gasteiger partial charge < -0.3 is 0 Å². The van der Waals surface area contributed by atoms with E-state index >= 15 is 0 Å². The zero-order valence-corrected chi connectivity index (χ0v) is 10.5. The molecule has 0 saturated heterocycles. The fourth-order valence-electron chi connectivity index (χ4n) is 1.27. The largest absolute Gasteiger partial charge is 0.0909 e. The molecule has 76 valence electrons. The standard InChI is InChI=1S/C13H20Si/c1-14(2,3)12-8-7-11-13-9-5-4-6-10-13/h4-10H,11-12H2,1-3H3/b8-7-. The Morgan fingerprint density at radius 1 is 1.00 bits per heavy atom. The number of allylic oxidation sites excluding steroid dienone is 2. The van der Waals surface area contributed by atoms with Gasteiger partial charge in [0.15, 0.2) is 0 Å². The first-order valence-corrected chi connectivity index (χ1v) is 8.97. The lowest BCUT2D eigenvalue weighted by Gasteiger charge is -2.11. The first-order valence-electron chi connectivity index (χ1n) is 5.27. The number of benzene rings is 1. The molecule has 0 fully saturated rings. The molecule has 0 spiro atoms. The first kappa shape index (κ1) is 11.3. The van der Waals surface area contributed by atoms with Crippen LogP contribution in [-0.2, 0) is 6.42 Å². The van der Waals surface area contributed by atoms with Gasteiger partial charge in [0, 0.05) is 8.07 Å². The van der Waals surface area contributed by atoms with Gasteiger partial charge in [-0.1, -0.05) is 62.1 Å². The topological polar surface area (TPSA) is 0 Å². The molecule has 1 aromatic rings. The molecule has 0 aliphatic carbocycles. The summed E-state index contributed by atoms with van der Waals surface area (Å²) in [5, 5.41) is 0. The Hall–Kier alpha value is -0.823. The van der Waals surface area contributed by atoms with Crippen molar-refractivity contribution in [2.24, 2.45) is 0 Å². The fraction of sp³-hybridized carbons (Fsp3) is 0.385. The van der Waals surface area contributed by atoms with E-state index in [0.717, 1.165) is 6.42 Å². The molecular weight excluding hydrogens is 184 g/mol. The third-order valence-corrected chi connectivity index (χ3v) is 3.55. The Balaban J connectivity index is 2.35. The van der Waals surface area contributed by atoms with Gasteiger partial charge in [0.05, 0.1) is 0 Å². The predicted molar refractivity (Wildman–Crippen MR) is 67.4 cm³/mol. The highest BCUT2D eigenvalue weighted by atomic mass is 28.3. The van der Waals surface area contributed by atoms with Crippen LogP contribution in [0, 0.1) is 0 Å². The van der Waals surface area contributed by atoms with Gasteiger partial charge in [-0.05, 0) is 18.0 Å². The second-order valence-corrected chi connectivity index (χ2v) is 10.5. The molecule has 1 heteroatoms. The van der Waals surface area contributed by atoms with Crippen molar-refractivity contribution in [2.75, 3.05) is 0 Å². The Morgan fingerprint density at radius 2 is 1.64 bits per heavy atom. The van der Waals surface area contributed by atoms with Crippen LogP contribution >= 0.6 is 0 Å². The maximum Gasteiger partial charge on any atom is 0.0480 e. The van der Waals surface area contributed by atoms with Crippen LogP contribution < -0.4 is 0 Å². The third kappa shape index (κ3) is 5.03. The van der Waals surface area contributed by atoms with Crippen molar-refractivity contribution in [3.63, 3.8) is 0 Å². The van der Waals surface area contributed by atoms with E-state index in [-0.39, 0.29) is 0 Å². The molecule has 0 nitrogen and oxygen atoms in total. The Bertz CT molecular complexity index is 280. The normalized spacial score (nSPS) is 12.2. The van der Waals surface area contributed by atoms with Gasteiger partial charge in [-0.2, -0.15) is 0 Å². The van der Waals surface area contributed by atoms with Crippen molar-refractivity contribution in [1.82, 2.24) is 0 Å². The van der Waals surface area contributed by atoms with Gasteiger partial charge in [0.25, 0.3) is 0 Å². The summed E-state index contributed by atoms with van der Waals surface area (Å²) in [5.41, 5.74) is 1.40. The van der Waals surface area contributed by atoms with Crippen molar-refractivity contribution in [1.29, 1.82) is 0 Å². The van der Waals surface area contributed by atoms with Crippen LogP contribution in [0.1, 0.15) is 5.56 Å². The molecule has 0 saturated carbocycles. The SMILES string of the molecule is C[Si](C)(C)C/C=C\Cc1ccccc1. The average molecular weight is 204 g/mol. The number of hydrogen-bond donors (Lipinski definition) is 0. The quantitative estimate of drug-likeness (QED) is 0.511. The molecule has 0 atom stereocenters. The van der Waals surface area contributed by atoms with Crippen molar-refractivity contribution in [3.05, 3.63) is 48.0 Å². The van der Waals surface area contributed by atoms with Gasteiger partial charge in [0.1, 0.15) is 0 Å². The highest BCUT2D eigenvalue weighted by Crippen LogP contribution is 2.09. The van der Waals surface area contributed by atoms with E-state index in [9.17, 15) is 0 Å². The lowest BCUT2D eigenvalue weighted by Crippen LogP contribution is -2.17. The van der Waals surface area contributed by atoms with Crippen molar-refractivity contribution in [2.45, 2.75) is 32.1 Å². The third-order valence-electron chi connectivity index (χ3n) is 2.09. The second-order valence-electron chi connectivity index (χ2n) is 4.93. The minimum absolute atomic E-state index is 0.882. The van der Waals surface area contributed by atoms with Gasteiger partial charge in [0.2, 0.25) is 0 Å². The van der Waals surface area contributed by atoms with E-state index in [4.69, 9.17) is 0 Å². The predicted octanol–water partition coefficient (Wildman–Crippen LogP) is 4.12. The Kier molecular flexibility index (Phi) is 4.14. The minimum Gasteiger partial charge on any atom is -0.0909 e. The lowest BCUT2D eigenvalue weighted by molar-refractivity contribution is 1.26. The summed E-state index contributed by atoms with van der Waals surface area (Å²) < 4.78 is 0. The number of hydrogen-bond acceptors (Lipinski definition) is 0. The molecule has 0 aliphatic heterocycles. The number of rotatable bonds is 4. The van der Waals surface area contributed by atoms with Crippen molar-refractivity contribution >= 4 is 8.07 Å². The summed E-state index contributed by atoms with van der Waals surface area (Å²) in [4.78, 5) is 0. The molecule has 14 heavy (non-hydrogen) atoms. The molecule has 0 aliphatic rings. The van der Waals surface area contributed by atoms with Crippen LogP contribution in [0.25, 0.3) is 0 Å². The Labute approximate surface area is 88.7 Å². The van der Waals surface area contributed by atoms with E-state index < -0.39 is 8.07 Å². The molecular formula is C13H20Si. The zero-order chi connectivity index (χ0) is 10.4. The second kappa shape index (κ2) is 5.16. The summed E-state index contributed by atoms with van der Waals surface area (Å²) in [6.45, 7) is 7.21. The highest BCUT2D eigenvalue weighted by molar-refractivity contribution is 6.76. The molecule has 1 rings (SSSR count). The van der Waals surface area contributed by atoms with Crippen LogP contribution in [0.4, 0.5) is 0 Å². The highest BCUT2D eigenvalue weighted by Gasteiger charge is 2.08. The summed E-state index contributed by atoms with van der Waals surface area (Å²) in [6, 6.07) is 11.9. The van der Waals surface area contributed by atoms with E-state index in [0.29, 0.717) is 0 Å². The molecule has 0 heterocycles. The van der Waals surface area contributed by atoms with Crippen LogP contribution in [0.2, 0.25) is 25.7 Å². The van der Waals surface area contributed by atoms with E-state index in [2.05, 4.69) is 62.1 Å². The van der Waals surface area contributed by atoms with Crippen molar-refractivity contribution in [3.8, 4) is 0 Å². The van der Waals surface area contributed by atoms with E-state index in [1.807, 2.05) is 0 Å². The molecule has 1 aromatic carbocycles. The Morgan fingerprint density at radius 3 is 2.21 bits per heavy atom. The average Bonchev–Trinajstić information content (AvgIpc) is 2.13. The van der Waals surface area contributed by atoms with Gasteiger partial charge in [-0.25, -0.2) is 0 Å². The van der Waals surface area contributed by atoms with Gasteiger partial charge in [-0.15, -0.1) is 0 Å². The summed E-state index contributed by atoms with van der Waals surface area (Å²) in [7, 11) is -0.882. The van der Waals surface area contributed by atoms with Crippen LogP contribution in [0.3, 0.4) is 0 Å². The summed E-state index contributed by atoms with van der Waals surface area (Å²) in [6.07, 6.45) is 5.72. The molecule has 0 unspecified atom stereocenters. The van der Waals surface area contributed by atoms with Gasteiger partial charge in [-0.3, -0.25) is 0 Å². The van der Waals surface area contributed by atoms with Crippen LogP contribution in [0.15, 0.2) is 42.5 Å². The monoisotopic (exact) mass is 204 g/mol. The van der Waals surface area contributed by atoms with Crippen LogP contribution in [-0.4, -0.2) is 8.07 Å². The first-order chi connectivity index (χ1) is 6.58. The van der Waals surface area contributed by atoms with E-state index in [1.54, 1.807) is 0 Å². The summed E-state index contributed by atoms with van der Waals surface area (Å²) in [5.74, 6) is 0.